The molecule has 9 nitrogen and oxygen atoms in total. The minimum Gasteiger partial charge on any atom is -0.491 e. The highest BCUT2D eigenvalue weighted by Gasteiger charge is 2.42. The van der Waals surface area contributed by atoms with Crippen LogP contribution >= 0.6 is 0 Å². The molecule has 188 valence electrons. The van der Waals surface area contributed by atoms with Crippen molar-refractivity contribution >= 4 is 33.5 Å². The number of benzene rings is 2. The molecule has 1 heterocycles. The Morgan fingerprint density at radius 3 is 2.29 bits per heavy atom. The fraction of sp³-hybridized carbons (Fsp3) is 0.400. The van der Waals surface area contributed by atoms with E-state index in [0.29, 0.717) is 6.61 Å². The lowest BCUT2D eigenvalue weighted by molar-refractivity contribution is -0.147. The number of hydrogen-bond donors (Lipinski definition) is 1. The number of carbonyl (C=O) groups is 3. The van der Waals surface area contributed by atoms with E-state index in [4.69, 9.17) is 9.47 Å². The second kappa shape index (κ2) is 11.4. The molecule has 0 aliphatic carbocycles. The molecule has 3 rings (SSSR count). The van der Waals surface area contributed by atoms with Crippen LogP contribution in [0.25, 0.3) is 0 Å². The molecule has 2 aromatic rings. The van der Waals surface area contributed by atoms with Crippen molar-refractivity contribution in [1.82, 2.24) is 4.90 Å². The van der Waals surface area contributed by atoms with Crippen LogP contribution in [-0.4, -0.2) is 50.4 Å². The normalized spacial score (nSPS) is 14.0. The Bertz CT molecular complexity index is 1200. The Kier molecular flexibility index (Phi) is 8.50. The third-order valence-corrected chi connectivity index (χ3v) is 6.97. The molecule has 2 aromatic carbocycles. The predicted molar refractivity (Wildman–Crippen MR) is 130 cm³/mol. The zero-order valence-corrected chi connectivity index (χ0v) is 20.9. The van der Waals surface area contributed by atoms with Crippen LogP contribution in [0.1, 0.15) is 67.2 Å². The molecule has 1 unspecified atom stereocenters. The lowest BCUT2D eigenvalue weighted by atomic mass is 10.1. The summed E-state index contributed by atoms with van der Waals surface area (Å²) in [6.45, 7) is 5.53. The molecule has 2 amide bonds. The summed E-state index contributed by atoms with van der Waals surface area (Å²) in [6, 6.07) is 9.29. The third-order valence-electron chi connectivity index (χ3n) is 5.59. The number of nitrogens with one attached hydrogen (secondary N) is 1. The topological polar surface area (TPSA) is 119 Å². The summed E-state index contributed by atoms with van der Waals surface area (Å²) in [5, 5.41) is 0. The maximum atomic E-state index is 13.1. The molecular formula is C25H30N2O7S. The van der Waals surface area contributed by atoms with Gasteiger partial charge in [-0.15, -0.1) is 0 Å². The van der Waals surface area contributed by atoms with Crippen LogP contribution in [-0.2, 0) is 19.6 Å². The van der Waals surface area contributed by atoms with Crippen molar-refractivity contribution in [3.8, 4) is 5.75 Å². The summed E-state index contributed by atoms with van der Waals surface area (Å²) in [6.07, 6.45) is 3.77. The summed E-state index contributed by atoms with van der Waals surface area (Å²) in [7, 11) is -3.99. The zero-order chi connectivity index (χ0) is 25.6. The van der Waals surface area contributed by atoms with Crippen molar-refractivity contribution in [3.63, 3.8) is 0 Å². The molecular weight excluding hydrogens is 472 g/mol. The van der Waals surface area contributed by atoms with E-state index >= 15 is 0 Å². The standard InChI is InChI=1S/C25H30N2O7S/c1-4-6-7-11-14-34-22-16-20-19(23(28)27(24(20)29)17(3)25(30)33-5-2)15-21(22)26-35(31,32)18-12-9-8-10-13-18/h8-10,12-13,15-17,26H,4-7,11,14H2,1-3H3. The number of esters is 1. The molecule has 1 atom stereocenters. The second-order valence-corrected chi connectivity index (χ2v) is 9.81. The van der Waals surface area contributed by atoms with E-state index in [1.165, 1.54) is 31.2 Å². The van der Waals surface area contributed by atoms with Crippen LogP contribution in [0.3, 0.4) is 0 Å². The molecule has 0 saturated carbocycles. The van der Waals surface area contributed by atoms with Gasteiger partial charge in [0.05, 0.1) is 34.9 Å². The lowest BCUT2D eigenvalue weighted by Crippen LogP contribution is -2.43. The molecule has 1 aliphatic rings. The SMILES string of the molecule is CCCCCCOc1cc2c(cc1NS(=O)(=O)c1ccccc1)C(=O)N(C(C)C(=O)OCC)C2=O. The van der Waals surface area contributed by atoms with Crippen LogP contribution in [0.5, 0.6) is 5.75 Å². The number of rotatable bonds is 12. The highest BCUT2D eigenvalue weighted by molar-refractivity contribution is 7.92. The average molecular weight is 503 g/mol. The zero-order valence-electron chi connectivity index (χ0n) is 20.1. The van der Waals surface area contributed by atoms with Crippen LogP contribution in [0.2, 0.25) is 0 Å². The number of ether oxygens (including phenoxy) is 2. The van der Waals surface area contributed by atoms with E-state index in [9.17, 15) is 22.8 Å². The first-order chi connectivity index (χ1) is 16.7. The molecule has 1 N–H and O–H groups in total. The molecule has 0 aromatic heterocycles. The molecule has 0 spiro atoms. The number of fused-ring (bicyclic) bond motifs is 1. The summed E-state index contributed by atoms with van der Waals surface area (Å²) in [5.41, 5.74) is 0.0579. The molecule has 35 heavy (non-hydrogen) atoms. The minimum atomic E-state index is -3.99. The van der Waals surface area contributed by atoms with Gasteiger partial charge in [-0.2, -0.15) is 0 Å². The Morgan fingerprint density at radius 1 is 1.00 bits per heavy atom. The monoisotopic (exact) mass is 502 g/mol. The predicted octanol–water partition coefficient (Wildman–Crippen LogP) is 3.99. The number of imide groups is 1. The molecule has 1 aliphatic heterocycles. The van der Waals surface area contributed by atoms with E-state index in [1.54, 1.807) is 25.1 Å². The van der Waals surface area contributed by atoms with Gasteiger partial charge in [0.2, 0.25) is 0 Å². The largest absolute Gasteiger partial charge is 0.491 e. The first-order valence-electron chi connectivity index (χ1n) is 11.6. The van der Waals surface area contributed by atoms with Gasteiger partial charge in [-0.3, -0.25) is 19.2 Å². The van der Waals surface area contributed by atoms with E-state index < -0.39 is 33.8 Å². The minimum absolute atomic E-state index is 0.0183. The number of anilines is 1. The fourth-order valence-corrected chi connectivity index (χ4v) is 4.80. The summed E-state index contributed by atoms with van der Waals surface area (Å²) >= 11 is 0. The Morgan fingerprint density at radius 2 is 1.66 bits per heavy atom. The van der Waals surface area contributed by atoms with Crippen molar-refractivity contribution < 1.29 is 32.3 Å². The maximum Gasteiger partial charge on any atom is 0.329 e. The first kappa shape index (κ1) is 26.2. The quantitative estimate of drug-likeness (QED) is 0.265. The van der Waals surface area contributed by atoms with Crippen molar-refractivity contribution in [3.05, 3.63) is 53.6 Å². The van der Waals surface area contributed by atoms with Crippen LogP contribution < -0.4 is 9.46 Å². The van der Waals surface area contributed by atoms with E-state index in [0.717, 1.165) is 30.6 Å². The number of hydrogen-bond acceptors (Lipinski definition) is 7. The smallest absolute Gasteiger partial charge is 0.329 e. The van der Waals surface area contributed by atoms with Gasteiger partial charge in [0.15, 0.2) is 0 Å². The second-order valence-electron chi connectivity index (χ2n) is 8.13. The maximum absolute atomic E-state index is 13.1. The van der Waals surface area contributed by atoms with Gasteiger partial charge in [-0.25, -0.2) is 13.2 Å². The summed E-state index contributed by atoms with van der Waals surface area (Å²) in [5.74, 6) is -1.95. The fourth-order valence-electron chi connectivity index (χ4n) is 3.72. The van der Waals surface area contributed by atoms with Gasteiger partial charge in [-0.1, -0.05) is 44.4 Å². The molecule has 10 heteroatoms. The number of amides is 2. The third kappa shape index (κ3) is 5.82. The molecule has 0 bridgehead atoms. The van der Waals surface area contributed by atoms with Crippen molar-refractivity contribution in [2.45, 2.75) is 57.4 Å². The van der Waals surface area contributed by atoms with E-state index in [2.05, 4.69) is 11.6 Å². The van der Waals surface area contributed by atoms with Crippen LogP contribution in [0.15, 0.2) is 47.4 Å². The van der Waals surface area contributed by atoms with Gasteiger partial charge < -0.3 is 9.47 Å². The Labute approximate surface area is 205 Å². The molecule has 0 saturated heterocycles. The van der Waals surface area contributed by atoms with Crippen molar-refractivity contribution in [2.75, 3.05) is 17.9 Å². The number of carbonyl (C=O) groups excluding carboxylic acids is 3. The first-order valence-corrected chi connectivity index (χ1v) is 13.1. The molecule has 0 fully saturated rings. The molecule has 0 radical (unpaired) electrons. The lowest BCUT2D eigenvalue weighted by Gasteiger charge is -2.20. The highest BCUT2D eigenvalue weighted by atomic mass is 32.2. The van der Waals surface area contributed by atoms with Crippen LogP contribution in [0, 0.1) is 0 Å². The Balaban J connectivity index is 1.97. The number of nitrogens with zero attached hydrogens (tertiary/aromatic N) is 1. The number of unbranched alkanes of at least 4 members (excludes halogenated alkanes) is 3. The van der Waals surface area contributed by atoms with Crippen molar-refractivity contribution in [1.29, 1.82) is 0 Å². The average Bonchev–Trinajstić information content (AvgIpc) is 3.08. The summed E-state index contributed by atoms with van der Waals surface area (Å²) in [4.78, 5) is 39.2. The van der Waals surface area contributed by atoms with E-state index in [-0.39, 0.29) is 34.1 Å². The van der Waals surface area contributed by atoms with Crippen LogP contribution in [0.4, 0.5) is 5.69 Å². The van der Waals surface area contributed by atoms with E-state index in [1.807, 2.05) is 0 Å². The van der Waals surface area contributed by atoms with Gasteiger partial charge in [0.1, 0.15) is 11.8 Å². The number of sulfonamides is 1. The highest BCUT2D eigenvalue weighted by Crippen LogP contribution is 2.36. The van der Waals surface area contributed by atoms with Gasteiger partial charge >= 0.3 is 5.97 Å². The Hall–Kier alpha value is -3.40. The van der Waals surface area contributed by atoms with Gasteiger partial charge in [0.25, 0.3) is 21.8 Å². The van der Waals surface area contributed by atoms with Crippen molar-refractivity contribution in [2.24, 2.45) is 0 Å². The van der Waals surface area contributed by atoms with Gasteiger partial charge in [-0.05, 0) is 44.5 Å². The summed E-state index contributed by atoms with van der Waals surface area (Å²) < 4.78 is 39.2. The van der Waals surface area contributed by atoms with Gasteiger partial charge in [0, 0.05) is 0 Å².